The van der Waals surface area contributed by atoms with Crippen LogP contribution < -0.4 is 0 Å². The summed E-state index contributed by atoms with van der Waals surface area (Å²) in [6, 6.07) is 5.22. The Labute approximate surface area is 222 Å². The Morgan fingerprint density at radius 3 is 1.49 bits per heavy atom. The van der Waals surface area contributed by atoms with Gasteiger partial charge in [-0.15, -0.1) is 13.2 Å². The highest BCUT2D eigenvalue weighted by molar-refractivity contribution is 5.46. The average molecular weight is 464 g/mol. The van der Waals surface area contributed by atoms with Crippen molar-refractivity contribution < 1.29 is 0 Å². The van der Waals surface area contributed by atoms with Crippen LogP contribution in [0, 0.1) is 160 Å². The third kappa shape index (κ3) is 14.3. The number of nitrogens with zero attached hydrogens (tertiary/aromatic N) is 1. The molecule has 0 heterocycles. The summed E-state index contributed by atoms with van der Waals surface area (Å²) < 4.78 is 0. The molecule has 0 saturated carbocycles. The van der Waals surface area contributed by atoms with Crippen LogP contribution in [0.2, 0.25) is 0 Å². The van der Waals surface area contributed by atoms with E-state index < -0.39 is 11.5 Å². The van der Waals surface area contributed by atoms with Crippen LogP contribution in [0.4, 0.5) is 0 Å². The van der Waals surface area contributed by atoms with E-state index >= 15 is 0 Å². The largest absolute Gasteiger partial charge is 0.242 e. The first-order valence-corrected chi connectivity index (χ1v) is 10.6. The highest BCUT2D eigenvalue weighted by atomic mass is 15.1. The van der Waals surface area contributed by atoms with Gasteiger partial charge in [0.15, 0.2) is 0 Å². The molecule has 0 bridgehead atoms. The van der Waals surface area contributed by atoms with Gasteiger partial charge in [0, 0.05) is 60.5 Å². The van der Waals surface area contributed by atoms with Crippen LogP contribution in [0.15, 0.2) is 25.3 Å². The smallest absolute Gasteiger partial charge is 0.128 e. The minimum Gasteiger partial charge on any atom is -0.242 e. The van der Waals surface area contributed by atoms with E-state index in [4.69, 9.17) is 0 Å². The minimum atomic E-state index is -0.693. The van der Waals surface area contributed by atoms with Gasteiger partial charge in [-0.3, -0.25) is 0 Å². The van der Waals surface area contributed by atoms with Gasteiger partial charge < -0.3 is 0 Å². The molecule has 1 heteroatoms. The van der Waals surface area contributed by atoms with E-state index in [9.17, 15) is 0 Å². The van der Waals surface area contributed by atoms with Gasteiger partial charge in [0.1, 0.15) is 6.04 Å². The van der Waals surface area contributed by atoms with Crippen molar-refractivity contribution in [2.75, 3.05) is 0 Å². The minimum absolute atomic E-state index is 0.566. The van der Waals surface area contributed by atoms with Crippen molar-refractivity contribution in [3.8, 4) is 154 Å². The van der Waals surface area contributed by atoms with Crippen molar-refractivity contribution in [3.05, 3.63) is 25.3 Å². The normalized spacial score (nSPS) is 11.2. The number of hydrogen-bond donors (Lipinski definition) is 0. The van der Waals surface area contributed by atoms with E-state index in [0.717, 1.165) is 0 Å². The van der Waals surface area contributed by atoms with Gasteiger partial charge in [-0.1, -0.05) is 35.8 Å². The summed E-state index contributed by atoms with van der Waals surface area (Å²) in [6.07, 6.45) is 4.52. The quantitative estimate of drug-likeness (QED) is 0.354. The average Bonchev–Trinajstić information content (AvgIpc) is 2.88. The van der Waals surface area contributed by atoms with Crippen molar-refractivity contribution in [3.63, 3.8) is 0 Å². The van der Waals surface area contributed by atoms with Crippen LogP contribution in [0.3, 0.4) is 0 Å². The van der Waals surface area contributed by atoms with Gasteiger partial charge in [-0.2, -0.15) is 0 Å². The van der Waals surface area contributed by atoms with E-state index in [1.165, 1.54) is 4.90 Å². The molecule has 0 aromatic rings. The van der Waals surface area contributed by atoms with Crippen molar-refractivity contribution in [2.24, 2.45) is 5.41 Å². The number of rotatable bonds is 3. The lowest BCUT2D eigenvalue weighted by Gasteiger charge is -2.29. The van der Waals surface area contributed by atoms with Crippen LogP contribution >= 0.6 is 0 Å². The highest BCUT2D eigenvalue weighted by Gasteiger charge is 2.30. The number of allylic oxidation sites excluding steroid dienone is 2. The lowest BCUT2D eigenvalue weighted by atomic mass is 9.84. The zero-order chi connectivity index (χ0) is 26.9. The Bertz CT molecular complexity index is 1680. The van der Waals surface area contributed by atoms with Gasteiger partial charge in [0.25, 0.3) is 0 Å². The first-order valence-electron chi connectivity index (χ1n) is 10.6. The Kier molecular flexibility index (Phi) is 14.7. The molecular formula is C36H17N. The predicted octanol–water partition coefficient (Wildman–Crippen LogP) is 2.81. The summed E-state index contributed by atoms with van der Waals surface area (Å²) in [6.45, 7) is 11.0. The van der Waals surface area contributed by atoms with E-state index in [1.54, 1.807) is 12.2 Å². The molecule has 0 radical (unpaired) electrons. The summed E-state index contributed by atoms with van der Waals surface area (Å²) in [4.78, 5) is 1.49. The SMILES string of the molecule is C=CCC#CC#CC#CC#CN(C#CC#CC#CC#CCC=C)C1C#CC#CC#CC#CC#CC1(C)C. The molecule has 1 aliphatic rings. The maximum Gasteiger partial charge on any atom is 0.128 e. The van der Waals surface area contributed by atoms with Crippen LogP contribution in [0.5, 0.6) is 0 Å². The van der Waals surface area contributed by atoms with Crippen LogP contribution in [-0.4, -0.2) is 10.9 Å². The molecule has 0 amide bonds. The van der Waals surface area contributed by atoms with Crippen LogP contribution in [0.1, 0.15) is 26.7 Å². The molecule has 166 valence electrons. The van der Waals surface area contributed by atoms with Crippen molar-refractivity contribution in [1.82, 2.24) is 4.90 Å². The summed E-state index contributed by atoms with van der Waals surface area (Å²) in [5.74, 6) is 65.1. The molecular weight excluding hydrogens is 446 g/mol. The fraction of sp³-hybridized carbons (Fsp3) is 0.167. The first-order chi connectivity index (χ1) is 18.1. The second kappa shape index (κ2) is 19.1. The molecule has 0 aromatic heterocycles. The molecule has 0 N–H and O–H groups in total. The lowest BCUT2D eigenvalue weighted by molar-refractivity contribution is 0.312. The standard InChI is InChI=1S/C36H17N/c1-5-7-9-11-13-17-21-25-29-33-37(34-30-26-22-18-14-12-10-8-6-2)35-31-27-23-19-15-16-20-24-28-32-36(35,3)4/h5-6,35H,1-2,7-8H2,3-4H3. The molecule has 0 aliphatic heterocycles. The third-order valence-electron chi connectivity index (χ3n) is 3.62. The van der Waals surface area contributed by atoms with Gasteiger partial charge in [-0.05, 0) is 96.7 Å². The van der Waals surface area contributed by atoms with Crippen LogP contribution in [0.25, 0.3) is 0 Å². The van der Waals surface area contributed by atoms with Crippen LogP contribution in [-0.2, 0) is 0 Å². The summed E-state index contributed by atoms with van der Waals surface area (Å²) in [7, 11) is 0. The molecule has 0 saturated heterocycles. The molecule has 0 aromatic carbocycles. The van der Waals surface area contributed by atoms with Gasteiger partial charge in [-0.25, -0.2) is 4.90 Å². The monoisotopic (exact) mass is 463 g/mol. The first kappa shape index (κ1) is 28.6. The van der Waals surface area contributed by atoms with Crippen molar-refractivity contribution >= 4 is 0 Å². The maximum atomic E-state index is 3.59. The van der Waals surface area contributed by atoms with E-state index in [2.05, 4.69) is 167 Å². The Morgan fingerprint density at radius 2 is 1.00 bits per heavy atom. The maximum absolute atomic E-state index is 3.59. The summed E-state index contributed by atoms with van der Waals surface area (Å²) >= 11 is 0. The fourth-order valence-corrected chi connectivity index (χ4v) is 2.04. The highest BCUT2D eigenvalue weighted by Crippen LogP contribution is 2.23. The van der Waals surface area contributed by atoms with E-state index in [-0.39, 0.29) is 0 Å². The molecule has 1 unspecified atom stereocenters. The fourth-order valence-electron chi connectivity index (χ4n) is 2.04. The van der Waals surface area contributed by atoms with E-state index in [1.807, 2.05) is 13.8 Å². The molecule has 0 spiro atoms. The molecule has 1 rings (SSSR count). The molecule has 1 aliphatic carbocycles. The topological polar surface area (TPSA) is 3.24 Å². The second-order valence-electron chi connectivity index (χ2n) is 6.83. The van der Waals surface area contributed by atoms with Gasteiger partial charge in [0.05, 0.1) is 5.41 Å². The van der Waals surface area contributed by atoms with E-state index in [0.29, 0.717) is 12.8 Å². The third-order valence-corrected chi connectivity index (χ3v) is 3.62. The molecule has 0 fully saturated rings. The molecule has 1 atom stereocenters. The van der Waals surface area contributed by atoms with Gasteiger partial charge >= 0.3 is 0 Å². The lowest BCUT2D eigenvalue weighted by Crippen LogP contribution is -2.39. The zero-order valence-electron chi connectivity index (χ0n) is 20.5. The zero-order valence-corrected chi connectivity index (χ0v) is 20.5. The molecule has 37 heavy (non-hydrogen) atoms. The summed E-state index contributed by atoms with van der Waals surface area (Å²) in [5, 5.41) is 0. The Morgan fingerprint density at radius 1 is 0.595 bits per heavy atom. The molecule has 1 nitrogen and oxygen atoms in total. The Hall–Kier alpha value is -6.44. The van der Waals surface area contributed by atoms with Gasteiger partial charge in [0.2, 0.25) is 0 Å². The number of hydrogen-bond acceptors (Lipinski definition) is 1. The van der Waals surface area contributed by atoms with Crippen molar-refractivity contribution in [2.45, 2.75) is 32.7 Å². The Balaban J connectivity index is 3.41. The van der Waals surface area contributed by atoms with Crippen molar-refractivity contribution in [1.29, 1.82) is 0 Å². The predicted molar refractivity (Wildman–Crippen MR) is 150 cm³/mol. The second-order valence-corrected chi connectivity index (χ2v) is 6.83. The summed E-state index contributed by atoms with van der Waals surface area (Å²) in [5.41, 5.74) is -0.693.